The number of nitrogens with two attached hydrogens (primary N) is 1. The van der Waals surface area contributed by atoms with E-state index in [1.165, 1.54) is 16.0 Å². The summed E-state index contributed by atoms with van der Waals surface area (Å²) in [6.07, 6.45) is 1.57. The Labute approximate surface area is 127 Å². The molecule has 0 unspecified atom stereocenters. The Morgan fingerprint density at radius 3 is 2.70 bits per heavy atom. The van der Waals surface area contributed by atoms with Crippen LogP contribution in [0.1, 0.15) is 26.5 Å². The molecule has 0 aliphatic carbocycles. The Morgan fingerprint density at radius 2 is 2.15 bits per heavy atom. The number of hydrogen-bond acceptors (Lipinski definition) is 4. The number of pyridine rings is 1. The normalized spacial score (nSPS) is 11.2. The van der Waals surface area contributed by atoms with Crippen LogP contribution in [-0.4, -0.2) is 16.8 Å². The topological polar surface area (TPSA) is 77.4 Å². The van der Waals surface area contributed by atoms with Gasteiger partial charge in [0.2, 0.25) is 0 Å². The van der Waals surface area contributed by atoms with Gasteiger partial charge in [0.05, 0.1) is 6.21 Å². The quantitative estimate of drug-likeness (QED) is 0.859. The number of hydrogen-bond donors (Lipinski definition) is 1. The molecular formula is C13H12BrN3O2S. The molecule has 0 fully saturated rings. The smallest absolute Gasteiger partial charge is 0.284 e. The van der Waals surface area contributed by atoms with Gasteiger partial charge in [-0.05, 0) is 47.5 Å². The molecule has 2 aromatic rings. The van der Waals surface area contributed by atoms with Gasteiger partial charge in [0.25, 0.3) is 11.5 Å². The van der Waals surface area contributed by atoms with Crippen LogP contribution in [0.3, 0.4) is 0 Å². The highest BCUT2D eigenvalue weighted by molar-refractivity contribution is 9.10. The summed E-state index contributed by atoms with van der Waals surface area (Å²) in [5, 5.41) is 6.05. The van der Waals surface area contributed by atoms with Gasteiger partial charge in [-0.3, -0.25) is 9.59 Å². The Hall–Kier alpha value is -1.73. The number of primary amides is 1. The van der Waals surface area contributed by atoms with E-state index in [2.05, 4.69) is 21.0 Å². The molecule has 2 N–H and O–H groups in total. The second kappa shape index (κ2) is 5.72. The number of rotatable bonds is 3. The van der Waals surface area contributed by atoms with E-state index in [1.54, 1.807) is 26.1 Å². The van der Waals surface area contributed by atoms with E-state index in [1.807, 2.05) is 11.4 Å². The molecule has 5 nitrogen and oxygen atoms in total. The number of thiophene rings is 1. The molecule has 0 bridgehead atoms. The molecule has 1 amide bonds. The van der Waals surface area contributed by atoms with Crippen molar-refractivity contribution in [1.29, 1.82) is 0 Å². The lowest BCUT2D eigenvalue weighted by Gasteiger charge is -2.07. The predicted octanol–water partition coefficient (Wildman–Crippen LogP) is 2.27. The molecule has 104 valence electrons. The summed E-state index contributed by atoms with van der Waals surface area (Å²) < 4.78 is 2.13. The minimum atomic E-state index is -0.740. The third kappa shape index (κ3) is 2.88. The molecular weight excluding hydrogens is 342 g/mol. The summed E-state index contributed by atoms with van der Waals surface area (Å²) >= 11 is 4.84. The van der Waals surface area contributed by atoms with Gasteiger partial charge in [-0.2, -0.15) is 5.10 Å². The maximum Gasteiger partial charge on any atom is 0.284 e. The first-order valence-electron chi connectivity index (χ1n) is 5.71. The second-order valence-electron chi connectivity index (χ2n) is 4.24. The Balaban J connectivity index is 2.52. The van der Waals surface area contributed by atoms with Crippen molar-refractivity contribution in [1.82, 2.24) is 4.68 Å². The molecule has 0 radical (unpaired) electrons. The molecule has 20 heavy (non-hydrogen) atoms. The third-order valence-corrected chi connectivity index (χ3v) is 4.32. The molecule has 2 heterocycles. The maximum absolute atomic E-state index is 12.2. The summed E-state index contributed by atoms with van der Waals surface area (Å²) in [5.41, 5.74) is 5.91. The highest BCUT2D eigenvalue weighted by Crippen LogP contribution is 2.18. The lowest BCUT2D eigenvalue weighted by atomic mass is 10.1. The molecule has 0 spiro atoms. The van der Waals surface area contributed by atoms with E-state index in [0.717, 1.165) is 9.35 Å². The van der Waals surface area contributed by atoms with Crippen molar-refractivity contribution in [3.63, 3.8) is 0 Å². The summed E-state index contributed by atoms with van der Waals surface area (Å²) in [5.74, 6) is -0.740. The van der Waals surface area contributed by atoms with Gasteiger partial charge >= 0.3 is 0 Å². The molecule has 0 aliphatic rings. The average molecular weight is 354 g/mol. The summed E-state index contributed by atoms with van der Waals surface area (Å²) in [6.45, 7) is 3.43. The molecule has 2 rings (SSSR count). The highest BCUT2D eigenvalue weighted by atomic mass is 79.9. The molecule has 2 aromatic heterocycles. The van der Waals surface area contributed by atoms with Gasteiger partial charge in [-0.25, -0.2) is 4.68 Å². The van der Waals surface area contributed by atoms with Gasteiger partial charge in [-0.1, -0.05) is 0 Å². The van der Waals surface area contributed by atoms with E-state index in [-0.39, 0.29) is 5.56 Å². The lowest BCUT2D eigenvalue weighted by Crippen LogP contribution is -2.30. The van der Waals surface area contributed by atoms with Crippen LogP contribution >= 0.6 is 27.3 Å². The number of amides is 1. The molecule has 7 heteroatoms. The van der Waals surface area contributed by atoms with Crippen LogP contribution in [0.4, 0.5) is 0 Å². The zero-order valence-corrected chi connectivity index (χ0v) is 13.3. The minimum absolute atomic E-state index is 0.0277. The van der Waals surface area contributed by atoms with Crippen LogP contribution in [0.25, 0.3) is 0 Å². The third-order valence-electron chi connectivity index (χ3n) is 2.69. The second-order valence-corrected chi connectivity index (χ2v) is 6.10. The van der Waals surface area contributed by atoms with Crippen LogP contribution in [-0.2, 0) is 0 Å². The van der Waals surface area contributed by atoms with Crippen LogP contribution in [0.15, 0.2) is 31.9 Å². The Morgan fingerprint density at radius 1 is 1.45 bits per heavy atom. The highest BCUT2D eigenvalue weighted by Gasteiger charge is 2.14. The average Bonchev–Trinajstić information content (AvgIpc) is 2.73. The zero-order valence-electron chi connectivity index (χ0n) is 10.9. The first-order valence-corrected chi connectivity index (χ1v) is 7.39. The van der Waals surface area contributed by atoms with Crippen LogP contribution in [0.5, 0.6) is 0 Å². The van der Waals surface area contributed by atoms with Crippen LogP contribution < -0.4 is 11.3 Å². The summed E-state index contributed by atoms with van der Waals surface area (Å²) in [7, 11) is 0. The van der Waals surface area contributed by atoms with Crippen molar-refractivity contribution < 1.29 is 4.79 Å². The zero-order chi connectivity index (χ0) is 14.9. The van der Waals surface area contributed by atoms with E-state index >= 15 is 0 Å². The van der Waals surface area contributed by atoms with E-state index in [9.17, 15) is 9.59 Å². The fourth-order valence-electron chi connectivity index (χ4n) is 1.84. The van der Waals surface area contributed by atoms with Crippen molar-refractivity contribution >= 4 is 39.4 Å². The monoisotopic (exact) mass is 353 g/mol. The van der Waals surface area contributed by atoms with E-state index in [4.69, 9.17) is 5.73 Å². The number of aryl methyl sites for hydroxylation is 2. The maximum atomic E-state index is 12.2. The van der Waals surface area contributed by atoms with Crippen LogP contribution in [0.2, 0.25) is 0 Å². The van der Waals surface area contributed by atoms with Crippen molar-refractivity contribution in [3.05, 3.63) is 54.0 Å². The molecule has 0 saturated heterocycles. The molecule has 0 atom stereocenters. The van der Waals surface area contributed by atoms with Crippen molar-refractivity contribution in [2.24, 2.45) is 10.8 Å². The number of carbonyl (C=O) groups is 1. The predicted molar refractivity (Wildman–Crippen MR) is 83.7 cm³/mol. The Kier molecular flexibility index (Phi) is 4.20. The largest absolute Gasteiger partial charge is 0.365 e. The molecule has 0 aromatic carbocycles. The standard InChI is InChI=1S/C13H12BrN3O2S/c1-7-3-8(2)17(13(19)11(7)12(15)18)16-5-10-4-9(14)6-20-10/h3-6H,1-2H3,(H2,15,18). The Bertz CT molecular complexity index is 761. The SMILES string of the molecule is Cc1cc(C)n(N=Cc2cc(Br)cs2)c(=O)c1C(N)=O. The van der Waals surface area contributed by atoms with Crippen molar-refractivity contribution in [3.8, 4) is 0 Å². The molecule has 0 saturated carbocycles. The summed E-state index contributed by atoms with van der Waals surface area (Å²) in [4.78, 5) is 24.5. The number of carbonyl (C=O) groups excluding carboxylic acids is 1. The van der Waals surface area contributed by atoms with Crippen molar-refractivity contribution in [2.75, 3.05) is 0 Å². The number of halogens is 1. The minimum Gasteiger partial charge on any atom is -0.365 e. The van der Waals surface area contributed by atoms with Gasteiger partial charge in [-0.15, -0.1) is 11.3 Å². The summed E-state index contributed by atoms with van der Waals surface area (Å²) in [6, 6.07) is 3.60. The van der Waals surface area contributed by atoms with E-state index in [0.29, 0.717) is 11.3 Å². The van der Waals surface area contributed by atoms with Crippen LogP contribution in [0, 0.1) is 13.8 Å². The number of aromatic nitrogens is 1. The fourth-order valence-corrected chi connectivity index (χ4v) is 3.13. The van der Waals surface area contributed by atoms with Gasteiger partial charge < -0.3 is 5.73 Å². The first-order chi connectivity index (χ1) is 9.40. The van der Waals surface area contributed by atoms with Crippen molar-refractivity contribution in [2.45, 2.75) is 13.8 Å². The van der Waals surface area contributed by atoms with Gasteiger partial charge in [0, 0.05) is 20.4 Å². The van der Waals surface area contributed by atoms with Gasteiger partial charge in [0.1, 0.15) is 5.56 Å². The number of nitrogens with zero attached hydrogens (tertiary/aromatic N) is 2. The fraction of sp³-hybridized carbons (Fsp3) is 0.154. The van der Waals surface area contributed by atoms with E-state index < -0.39 is 11.5 Å². The lowest BCUT2D eigenvalue weighted by molar-refractivity contribution is 0.0997. The molecule has 0 aliphatic heterocycles. The first kappa shape index (κ1) is 14.7. The van der Waals surface area contributed by atoms with Gasteiger partial charge in [0.15, 0.2) is 0 Å².